The fourth-order valence-electron chi connectivity index (χ4n) is 4.23. The number of ether oxygens (including phenoxy) is 2. The van der Waals surface area contributed by atoms with E-state index in [1.165, 1.54) is 12.1 Å². The van der Waals surface area contributed by atoms with Gasteiger partial charge in [0, 0.05) is 18.9 Å². The highest BCUT2D eigenvalue weighted by Crippen LogP contribution is 2.47. The topological polar surface area (TPSA) is 18.5 Å². The predicted molar refractivity (Wildman–Crippen MR) is 79.0 cm³/mol. The molecule has 1 spiro atoms. The van der Waals surface area contributed by atoms with Crippen LogP contribution in [-0.2, 0) is 9.47 Å². The van der Waals surface area contributed by atoms with Gasteiger partial charge in [-0.2, -0.15) is 0 Å². The van der Waals surface area contributed by atoms with Crippen LogP contribution in [0.4, 0.5) is 8.78 Å². The fourth-order valence-corrected chi connectivity index (χ4v) is 4.23. The Labute approximate surface area is 129 Å². The molecule has 22 heavy (non-hydrogen) atoms. The summed E-state index contributed by atoms with van der Waals surface area (Å²) in [5.74, 6) is -0.346. The molecule has 0 bridgehead atoms. The number of hydrogen-bond donors (Lipinski definition) is 0. The van der Waals surface area contributed by atoms with E-state index in [2.05, 4.69) is 6.08 Å². The van der Waals surface area contributed by atoms with Crippen LogP contribution in [0.1, 0.15) is 37.7 Å². The molecule has 2 atom stereocenters. The van der Waals surface area contributed by atoms with E-state index in [0.29, 0.717) is 30.6 Å². The molecule has 1 aliphatic heterocycles. The Morgan fingerprint density at radius 3 is 2.45 bits per heavy atom. The first-order chi connectivity index (χ1) is 10.6. The molecule has 1 saturated carbocycles. The summed E-state index contributed by atoms with van der Waals surface area (Å²) in [6.45, 7) is 1.39. The number of allylic oxidation sites excluding steroid dienone is 2. The molecule has 4 rings (SSSR count). The van der Waals surface area contributed by atoms with Crippen LogP contribution >= 0.6 is 0 Å². The summed E-state index contributed by atoms with van der Waals surface area (Å²) in [5.41, 5.74) is 1.76. The zero-order chi connectivity index (χ0) is 15.2. The van der Waals surface area contributed by atoms with Crippen LogP contribution in [0, 0.1) is 23.5 Å². The van der Waals surface area contributed by atoms with Crippen molar-refractivity contribution in [3.8, 4) is 0 Å². The van der Waals surface area contributed by atoms with Gasteiger partial charge in [0.2, 0.25) is 0 Å². The van der Waals surface area contributed by atoms with Gasteiger partial charge in [-0.3, -0.25) is 0 Å². The van der Waals surface area contributed by atoms with Gasteiger partial charge in [-0.05, 0) is 54.4 Å². The van der Waals surface area contributed by atoms with Crippen LogP contribution in [0.3, 0.4) is 0 Å². The molecule has 1 aromatic carbocycles. The normalized spacial score (nSPS) is 30.2. The molecule has 4 heteroatoms. The van der Waals surface area contributed by atoms with Gasteiger partial charge in [0.05, 0.1) is 13.2 Å². The minimum absolute atomic E-state index is 0.350. The third-order valence-corrected chi connectivity index (χ3v) is 5.28. The molecule has 0 N–H and O–H groups in total. The molecule has 118 valence electrons. The molecule has 1 aromatic rings. The molecule has 0 radical (unpaired) electrons. The van der Waals surface area contributed by atoms with Crippen molar-refractivity contribution in [2.75, 3.05) is 13.2 Å². The van der Waals surface area contributed by atoms with Crippen molar-refractivity contribution in [3.63, 3.8) is 0 Å². The molecule has 1 saturated heterocycles. The van der Waals surface area contributed by atoms with Crippen LogP contribution in [0.25, 0.3) is 5.57 Å². The molecule has 2 aliphatic carbocycles. The van der Waals surface area contributed by atoms with Crippen LogP contribution in [0.5, 0.6) is 0 Å². The monoisotopic (exact) mass is 306 g/mol. The zero-order valence-corrected chi connectivity index (χ0v) is 12.5. The van der Waals surface area contributed by atoms with E-state index in [4.69, 9.17) is 9.47 Å². The summed E-state index contributed by atoms with van der Waals surface area (Å²) < 4.78 is 38.5. The van der Waals surface area contributed by atoms with Crippen molar-refractivity contribution < 1.29 is 18.3 Å². The summed E-state index contributed by atoms with van der Waals surface area (Å²) in [4.78, 5) is 0. The first kappa shape index (κ1) is 14.3. The van der Waals surface area contributed by atoms with E-state index in [9.17, 15) is 8.78 Å². The van der Waals surface area contributed by atoms with Crippen LogP contribution < -0.4 is 0 Å². The lowest BCUT2D eigenvalue weighted by Crippen LogP contribution is -2.40. The first-order valence-corrected chi connectivity index (χ1v) is 8.09. The van der Waals surface area contributed by atoms with Gasteiger partial charge >= 0.3 is 0 Å². The molecule has 3 aliphatic rings. The van der Waals surface area contributed by atoms with Gasteiger partial charge in [0.1, 0.15) is 11.6 Å². The van der Waals surface area contributed by atoms with E-state index in [0.717, 1.165) is 43.7 Å². The van der Waals surface area contributed by atoms with Crippen molar-refractivity contribution in [2.24, 2.45) is 11.8 Å². The summed E-state index contributed by atoms with van der Waals surface area (Å²) in [7, 11) is 0. The van der Waals surface area contributed by atoms with E-state index in [1.807, 2.05) is 0 Å². The van der Waals surface area contributed by atoms with E-state index in [-0.39, 0.29) is 5.79 Å². The van der Waals surface area contributed by atoms with Crippen molar-refractivity contribution in [1.82, 2.24) is 0 Å². The van der Waals surface area contributed by atoms with Crippen LogP contribution in [0.15, 0.2) is 24.3 Å². The SMILES string of the molecule is Fc1cc(F)cc(C2=C[C@@H]3CCC4(C[C@H]3CC2)OCCO4)c1. The maximum atomic E-state index is 13.4. The Kier molecular flexibility index (Phi) is 3.54. The molecule has 2 nitrogen and oxygen atoms in total. The molecular weight excluding hydrogens is 286 g/mol. The molecule has 0 amide bonds. The van der Waals surface area contributed by atoms with Crippen LogP contribution in [0.2, 0.25) is 0 Å². The van der Waals surface area contributed by atoms with Gasteiger partial charge in [0.25, 0.3) is 0 Å². The first-order valence-electron chi connectivity index (χ1n) is 8.09. The van der Waals surface area contributed by atoms with Crippen molar-refractivity contribution in [3.05, 3.63) is 41.5 Å². The fraction of sp³-hybridized carbons (Fsp3) is 0.556. The van der Waals surface area contributed by atoms with Gasteiger partial charge in [-0.15, -0.1) is 0 Å². The van der Waals surface area contributed by atoms with Crippen molar-refractivity contribution >= 4 is 5.57 Å². The lowest BCUT2D eigenvalue weighted by atomic mass is 9.69. The second-order valence-corrected chi connectivity index (χ2v) is 6.66. The zero-order valence-electron chi connectivity index (χ0n) is 12.5. The Bertz CT molecular complexity index is 585. The van der Waals surface area contributed by atoms with E-state index < -0.39 is 11.6 Å². The quantitative estimate of drug-likeness (QED) is 0.770. The maximum Gasteiger partial charge on any atom is 0.168 e. The summed E-state index contributed by atoms with van der Waals surface area (Å²) >= 11 is 0. The number of fused-ring (bicyclic) bond motifs is 1. The van der Waals surface area contributed by atoms with Crippen LogP contribution in [-0.4, -0.2) is 19.0 Å². The highest BCUT2D eigenvalue weighted by atomic mass is 19.1. The highest BCUT2D eigenvalue weighted by Gasteiger charge is 2.45. The Balaban J connectivity index is 1.55. The Morgan fingerprint density at radius 1 is 1.00 bits per heavy atom. The minimum atomic E-state index is -0.506. The number of benzene rings is 1. The summed E-state index contributed by atoms with van der Waals surface area (Å²) in [6.07, 6.45) is 6.99. The van der Waals surface area contributed by atoms with E-state index >= 15 is 0 Å². The van der Waals surface area contributed by atoms with Gasteiger partial charge in [-0.1, -0.05) is 6.08 Å². The smallest absolute Gasteiger partial charge is 0.168 e. The van der Waals surface area contributed by atoms with Gasteiger partial charge < -0.3 is 9.47 Å². The summed E-state index contributed by atoms with van der Waals surface area (Å²) in [5, 5.41) is 0. The third kappa shape index (κ3) is 2.59. The Morgan fingerprint density at radius 2 is 1.73 bits per heavy atom. The molecule has 0 aromatic heterocycles. The predicted octanol–water partition coefficient (Wildman–Crippen LogP) is 4.30. The van der Waals surface area contributed by atoms with Crippen molar-refractivity contribution in [2.45, 2.75) is 37.9 Å². The Hall–Kier alpha value is -1.26. The second kappa shape index (κ2) is 5.43. The number of hydrogen-bond acceptors (Lipinski definition) is 2. The standard InChI is InChI=1S/C18H20F2O2/c19-16-8-15(9-17(20)10-16)12-1-2-14-11-18(21-5-6-22-18)4-3-13(14)7-12/h7-10,13-14H,1-6,11H2/t13-,14+/m0/s1. The minimum Gasteiger partial charge on any atom is -0.348 e. The third-order valence-electron chi connectivity index (χ3n) is 5.28. The largest absolute Gasteiger partial charge is 0.348 e. The highest BCUT2D eigenvalue weighted by molar-refractivity contribution is 5.66. The molecule has 2 fully saturated rings. The number of halogens is 2. The van der Waals surface area contributed by atoms with Crippen molar-refractivity contribution in [1.29, 1.82) is 0 Å². The van der Waals surface area contributed by atoms with E-state index in [1.54, 1.807) is 0 Å². The molecule has 0 unspecified atom stereocenters. The van der Waals surface area contributed by atoms with Gasteiger partial charge in [-0.25, -0.2) is 8.78 Å². The lowest BCUT2D eigenvalue weighted by molar-refractivity contribution is -0.192. The summed E-state index contributed by atoms with van der Waals surface area (Å²) in [6, 6.07) is 3.79. The average Bonchev–Trinajstić information content (AvgIpc) is 2.94. The molecule has 1 heterocycles. The lowest BCUT2D eigenvalue weighted by Gasteiger charge is -2.42. The number of rotatable bonds is 1. The second-order valence-electron chi connectivity index (χ2n) is 6.66. The molecular formula is C18H20F2O2. The van der Waals surface area contributed by atoms with Gasteiger partial charge in [0.15, 0.2) is 5.79 Å². The average molecular weight is 306 g/mol. The maximum absolute atomic E-state index is 13.4.